The largest absolute Gasteiger partial charge is 0.480 e. The van der Waals surface area contributed by atoms with Crippen LogP contribution >= 0.6 is 0 Å². The fourth-order valence-electron chi connectivity index (χ4n) is 1.31. The van der Waals surface area contributed by atoms with E-state index in [2.05, 4.69) is 15.8 Å². The van der Waals surface area contributed by atoms with Crippen LogP contribution < -0.4 is 16.4 Å². The van der Waals surface area contributed by atoms with Crippen molar-refractivity contribution >= 4 is 17.7 Å². The third-order valence-electron chi connectivity index (χ3n) is 2.54. The van der Waals surface area contributed by atoms with E-state index < -0.39 is 24.0 Å². The molecule has 0 rings (SSSR count). The van der Waals surface area contributed by atoms with Gasteiger partial charge in [0.15, 0.2) is 0 Å². The Hall–Kier alpha value is -1.83. The SMILES string of the molecule is C/C(=N\O)NCCCC[C@H](N)C(=O)N[C@@H](C)C(=O)O. The van der Waals surface area contributed by atoms with E-state index in [-0.39, 0.29) is 0 Å². The summed E-state index contributed by atoms with van der Waals surface area (Å²) in [6.07, 6.45) is 1.94. The van der Waals surface area contributed by atoms with Crippen LogP contribution in [0.1, 0.15) is 33.1 Å². The average Bonchev–Trinajstić information content (AvgIpc) is 2.37. The molecule has 6 N–H and O–H groups in total. The Kier molecular flexibility index (Phi) is 8.27. The van der Waals surface area contributed by atoms with Crippen molar-refractivity contribution in [2.45, 2.75) is 45.2 Å². The van der Waals surface area contributed by atoms with Gasteiger partial charge >= 0.3 is 5.97 Å². The van der Waals surface area contributed by atoms with Gasteiger partial charge in [-0.25, -0.2) is 0 Å². The summed E-state index contributed by atoms with van der Waals surface area (Å²) < 4.78 is 0. The van der Waals surface area contributed by atoms with Gasteiger partial charge in [0.1, 0.15) is 11.9 Å². The molecule has 2 atom stereocenters. The Morgan fingerprint density at radius 1 is 1.37 bits per heavy atom. The number of nitrogens with one attached hydrogen (secondary N) is 2. The minimum Gasteiger partial charge on any atom is -0.480 e. The third-order valence-corrected chi connectivity index (χ3v) is 2.54. The van der Waals surface area contributed by atoms with Crippen molar-refractivity contribution in [2.24, 2.45) is 10.9 Å². The molecule has 1 amide bonds. The number of amidine groups is 1. The summed E-state index contributed by atoms with van der Waals surface area (Å²) in [5.41, 5.74) is 5.64. The maximum atomic E-state index is 11.5. The van der Waals surface area contributed by atoms with Gasteiger partial charge in [0.25, 0.3) is 0 Å². The second-order valence-corrected chi connectivity index (χ2v) is 4.28. The smallest absolute Gasteiger partial charge is 0.325 e. The molecule has 0 aliphatic carbocycles. The Morgan fingerprint density at radius 2 is 2.00 bits per heavy atom. The van der Waals surface area contributed by atoms with Crippen LogP contribution in [0.3, 0.4) is 0 Å². The summed E-state index contributed by atoms with van der Waals surface area (Å²) in [5.74, 6) is -1.13. The van der Waals surface area contributed by atoms with Crippen LogP contribution in [-0.2, 0) is 9.59 Å². The highest BCUT2D eigenvalue weighted by Gasteiger charge is 2.18. The number of carbonyl (C=O) groups is 2. The molecule has 8 heteroatoms. The highest BCUT2D eigenvalue weighted by atomic mass is 16.4. The molecule has 0 aromatic heterocycles. The number of oxime groups is 1. The van der Waals surface area contributed by atoms with Crippen LogP contribution in [0, 0.1) is 0 Å². The highest BCUT2D eigenvalue weighted by molar-refractivity contribution is 5.86. The number of aliphatic carboxylic acids is 1. The summed E-state index contributed by atoms with van der Waals surface area (Å²) in [6, 6.07) is -1.65. The van der Waals surface area contributed by atoms with Gasteiger partial charge in [-0.1, -0.05) is 5.16 Å². The lowest BCUT2D eigenvalue weighted by molar-refractivity contribution is -0.141. The van der Waals surface area contributed by atoms with E-state index in [1.165, 1.54) is 6.92 Å². The monoisotopic (exact) mass is 274 g/mol. The van der Waals surface area contributed by atoms with Crippen molar-refractivity contribution in [1.82, 2.24) is 10.6 Å². The first-order valence-electron chi connectivity index (χ1n) is 6.09. The van der Waals surface area contributed by atoms with Gasteiger partial charge in [-0.15, -0.1) is 0 Å². The number of hydrogen-bond acceptors (Lipinski definition) is 5. The fourth-order valence-corrected chi connectivity index (χ4v) is 1.31. The quantitative estimate of drug-likeness (QED) is 0.133. The first kappa shape index (κ1) is 17.2. The molecule has 0 saturated carbocycles. The number of carboxylic acid groups (broad SMARTS) is 1. The van der Waals surface area contributed by atoms with Crippen molar-refractivity contribution in [3.8, 4) is 0 Å². The minimum absolute atomic E-state index is 0.428. The number of hydrogen-bond donors (Lipinski definition) is 5. The summed E-state index contributed by atoms with van der Waals surface area (Å²) in [7, 11) is 0. The molecule has 0 fully saturated rings. The number of nitrogens with zero attached hydrogens (tertiary/aromatic N) is 1. The molecule has 0 aromatic carbocycles. The van der Waals surface area contributed by atoms with Crippen LogP contribution in [-0.4, -0.2) is 46.7 Å². The zero-order valence-corrected chi connectivity index (χ0v) is 11.2. The van der Waals surface area contributed by atoms with Gasteiger partial charge in [0.05, 0.1) is 6.04 Å². The number of amides is 1. The Balaban J connectivity index is 3.77. The normalized spacial score (nSPS) is 14.6. The van der Waals surface area contributed by atoms with Crippen molar-refractivity contribution in [1.29, 1.82) is 0 Å². The molecule has 0 heterocycles. The molecule has 0 bridgehead atoms. The van der Waals surface area contributed by atoms with Gasteiger partial charge in [-0.3, -0.25) is 9.59 Å². The Bertz CT molecular complexity index is 333. The number of nitrogens with two attached hydrogens (primary N) is 1. The molecule has 0 unspecified atom stereocenters. The lowest BCUT2D eigenvalue weighted by Gasteiger charge is -2.14. The van der Waals surface area contributed by atoms with Gasteiger partial charge in [-0.2, -0.15) is 0 Å². The molecule has 110 valence electrons. The van der Waals surface area contributed by atoms with Gasteiger partial charge in [0, 0.05) is 6.54 Å². The summed E-state index contributed by atoms with van der Waals surface area (Å²) >= 11 is 0. The molecule has 0 radical (unpaired) electrons. The van der Waals surface area contributed by atoms with Crippen LogP contribution in [0.15, 0.2) is 5.16 Å². The molecule has 19 heavy (non-hydrogen) atoms. The minimum atomic E-state index is -1.09. The lowest BCUT2D eigenvalue weighted by Crippen LogP contribution is -2.47. The van der Waals surface area contributed by atoms with Crippen molar-refractivity contribution < 1.29 is 19.9 Å². The fraction of sp³-hybridized carbons (Fsp3) is 0.727. The van der Waals surface area contributed by atoms with Crippen LogP contribution in [0.25, 0.3) is 0 Å². The van der Waals surface area contributed by atoms with E-state index in [9.17, 15) is 9.59 Å². The van der Waals surface area contributed by atoms with Crippen molar-refractivity contribution in [2.75, 3.05) is 6.54 Å². The van der Waals surface area contributed by atoms with E-state index in [0.717, 1.165) is 6.42 Å². The maximum absolute atomic E-state index is 11.5. The topological polar surface area (TPSA) is 137 Å². The lowest BCUT2D eigenvalue weighted by atomic mass is 10.1. The van der Waals surface area contributed by atoms with Crippen LogP contribution in [0.5, 0.6) is 0 Å². The molecule has 0 saturated heterocycles. The molecule has 8 nitrogen and oxygen atoms in total. The van der Waals surface area contributed by atoms with E-state index in [4.69, 9.17) is 16.0 Å². The zero-order chi connectivity index (χ0) is 14.8. The van der Waals surface area contributed by atoms with E-state index in [0.29, 0.717) is 25.2 Å². The summed E-state index contributed by atoms with van der Waals surface area (Å²) in [4.78, 5) is 22.1. The first-order valence-corrected chi connectivity index (χ1v) is 6.09. The molecular formula is C11H22N4O4. The van der Waals surface area contributed by atoms with Crippen LogP contribution in [0.4, 0.5) is 0 Å². The Morgan fingerprint density at radius 3 is 2.53 bits per heavy atom. The number of carboxylic acids is 1. The molecular weight excluding hydrogens is 252 g/mol. The zero-order valence-electron chi connectivity index (χ0n) is 11.2. The first-order chi connectivity index (χ1) is 8.88. The summed E-state index contributed by atoms with van der Waals surface area (Å²) in [5, 5.41) is 25.2. The average molecular weight is 274 g/mol. The van der Waals surface area contributed by atoms with E-state index in [1.54, 1.807) is 6.92 Å². The molecule has 0 aliphatic rings. The predicted molar refractivity (Wildman–Crippen MR) is 70.0 cm³/mol. The predicted octanol–water partition coefficient (Wildman–Crippen LogP) is -0.529. The number of carbonyl (C=O) groups excluding carboxylic acids is 1. The number of rotatable bonds is 8. The molecule has 0 aliphatic heterocycles. The van der Waals surface area contributed by atoms with Gasteiger partial charge < -0.3 is 26.7 Å². The Labute approximate surface area is 112 Å². The number of unbranched alkanes of at least 4 members (excludes halogenated alkanes) is 1. The summed E-state index contributed by atoms with van der Waals surface area (Å²) in [6.45, 7) is 3.64. The third kappa shape index (κ3) is 7.98. The standard InChI is InChI=1S/C11H22N4O4/c1-7(11(17)18)14-10(16)9(12)5-3-4-6-13-8(2)15-19/h7,9,19H,3-6,12H2,1-2H3,(H,13,15)(H,14,16)(H,17,18)/t7-,9-/m0/s1. The van der Waals surface area contributed by atoms with Crippen LogP contribution in [0.2, 0.25) is 0 Å². The highest BCUT2D eigenvalue weighted by Crippen LogP contribution is 1.99. The van der Waals surface area contributed by atoms with Crippen molar-refractivity contribution in [3.05, 3.63) is 0 Å². The second kappa shape index (κ2) is 9.15. The van der Waals surface area contributed by atoms with E-state index >= 15 is 0 Å². The van der Waals surface area contributed by atoms with Gasteiger partial charge in [-0.05, 0) is 33.1 Å². The van der Waals surface area contributed by atoms with E-state index in [1.807, 2.05) is 0 Å². The molecule has 0 spiro atoms. The molecule has 0 aromatic rings. The van der Waals surface area contributed by atoms with Crippen molar-refractivity contribution in [3.63, 3.8) is 0 Å². The maximum Gasteiger partial charge on any atom is 0.325 e. The second-order valence-electron chi connectivity index (χ2n) is 4.28. The van der Waals surface area contributed by atoms with Gasteiger partial charge in [0.2, 0.25) is 5.91 Å².